The number of aryl methyl sites for hydroxylation is 1. The van der Waals surface area contributed by atoms with E-state index in [1.807, 2.05) is 24.3 Å². The average molecular weight is 351 g/mol. The smallest absolute Gasteiger partial charge is 0.272 e. The van der Waals surface area contributed by atoms with Crippen molar-refractivity contribution in [2.24, 2.45) is 7.05 Å². The SMILES string of the molecule is COc1ccc(-c2cc(CNC(=O)c3ccc(=O)n(C)n3)ncn2)cc1. The zero-order valence-electron chi connectivity index (χ0n) is 14.3. The van der Waals surface area contributed by atoms with Gasteiger partial charge in [0.05, 0.1) is 25.0 Å². The first kappa shape index (κ1) is 17.3. The molecule has 0 radical (unpaired) electrons. The fourth-order valence-corrected chi connectivity index (χ4v) is 2.30. The molecule has 0 aliphatic rings. The molecule has 0 saturated carbocycles. The maximum absolute atomic E-state index is 12.2. The van der Waals surface area contributed by atoms with Gasteiger partial charge in [0.25, 0.3) is 11.5 Å². The van der Waals surface area contributed by atoms with Gasteiger partial charge in [-0.2, -0.15) is 5.10 Å². The Bertz CT molecular complexity index is 983. The van der Waals surface area contributed by atoms with Crippen LogP contribution in [0.4, 0.5) is 0 Å². The third-order valence-electron chi connectivity index (χ3n) is 3.73. The number of rotatable bonds is 5. The van der Waals surface area contributed by atoms with Gasteiger partial charge >= 0.3 is 0 Å². The minimum Gasteiger partial charge on any atom is -0.497 e. The lowest BCUT2D eigenvalue weighted by atomic mass is 10.1. The van der Waals surface area contributed by atoms with Crippen molar-refractivity contribution in [3.8, 4) is 17.0 Å². The Hall–Kier alpha value is -3.55. The van der Waals surface area contributed by atoms with Gasteiger partial charge in [-0.05, 0) is 36.4 Å². The average Bonchev–Trinajstić information content (AvgIpc) is 2.68. The van der Waals surface area contributed by atoms with Crippen LogP contribution in [-0.4, -0.2) is 32.8 Å². The van der Waals surface area contributed by atoms with Crippen LogP contribution in [-0.2, 0) is 13.6 Å². The maximum Gasteiger partial charge on any atom is 0.272 e. The van der Waals surface area contributed by atoms with Crippen molar-refractivity contribution >= 4 is 5.91 Å². The Balaban J connectivity index is 1.71. The first-order chi connectivity index (χ1) is 12.6. The number of aromatic nitrogens is 4. The van der Waals surface area contributed by atoms with Gasteiger partial charge in [0, 0.05) is 18.7 Å². The molecule has 1 aromatic carbocycles. The molecule has 0 saturated heterocycles. The van der Waals surface area contributed by atoms with Crippen LogP contribution in [0, 0.1) is 0 Å². The van der Waals surface area contributed by atoms with Crippen LogP contribution >= 0.6 is 0 Å². The number of carbonyl (C=O) groups excluding carboxylic acids is 1. The van der Waals surface area contributed by atoms with Gasteiger partial charge in [-0.25, -0.2) is 14.6 Å². The number of hydrogen-bond acceptors (Lipinski definition) is 6. The van der Waals surface area contributed by atoms with E-state index >= 15 is 0 Å². The molecule has 0 spiro atoms. The van der Waals surface area contributed by atoms with E-state index in [4.69, 9.17) is 4.74 Å². The van der Waals surface area contributed by atoms with E-state index < -0.39 is 0 Å². The molecule has 3 aromatic rings. The molecule has 0 unspecified atom stereocenters. The topological polar surface area (TPSA) is 99.0 Å². The standard InChI is InChI=1S/C18H17N5O3/c1-23-17(24)8-7-15(22-23)18(25)19-10-13-9-16(21-11-20-13)12-3-5-14(26-2)6-4-12/h3-9,11H,10H2,1-2H3,(H,19,25). The first-order valence-corrected chi connectivity index (χ1v) is 7.85. The number of ether oxygens (including phenoxy) is 1. The van der Waals surface area contributed by atoms with Gasteiger partial charge in [0.2, 0.25) is 0 Å². The molecule has 1 amide bonds. The summed E-state index contributed by atoms with van der Waals surface area (Å²) in [5.41, 5.74) is 2.20. The lowest BCUT2D eigenvalue weighted by molar-refractivity contribution is 0.0943. The molecule has 0 aliphatic carbocycles. The molecule has 0 atom stereocenters. The molecule has 0 aliphatic heterocycles. The number of nitrogens with one attached hydrogen (secondary N) is 1. The molecule has 2 aromatic heterocycles. The van der Waals surface area contributed by atoms with Crippen molar-refractivity contribution in [2.45, 2.75) is 6.54 Å². The van der Waals surface area contributed by atoms with Crippen molar-refractivity contribution in [1.82, 2.24) is 25.1 Å². The van der Waals surface area contributed by atoms with Crippen molar-refractivity contribution in [2.75, 3.05) is 7.11 Å². The van der Waals surface area contributed by atoms with Crippen LogP contribution in [0.25, 0.3) is 11.3 Å². The molecule has 0 fully saturated rings. The van der Waals surface area contributed by atoms with E-state index in [2.05, 4.69) is 20.4 Å². The molecule has 26 heavy (non-hydrogen) atoms. The summed E-state index contributed by atoms with van der Waals surface area (Å²) in [5, 5.41) is 6.65. The van der Waals surface area contributed by atoms with Crippen LogP contribution in [0.1, 0.15) is 16.2 Å². The zero-order valence-corrected chi connectivity index (χ0v) is 14.3. The van der Waals surface area contributed by atoms with Gasteiger partial charge in [0.1, 0.15) is 17.8 Å². The molecular formula is C18H17N5O3. The second-order valence-corrected chi connectivity index (χ2v) is 5.49. The molecule has 132 valence electrons. The summed E-state index contributed by atoms with van der Waals surface area (Å²) < 4.78 is 6.26. The summed E-state index contributed by atoms with van der Waals surface area (Å²) >= 11 is 0. The number of benzene rings is 1. The second-order valence-electron chi connectivity index (χ2n) is 5.49. The molecular weight excluding hydrogens is 334 g/mol. The fourth-order valence-electron chi connectivity index (χ4n) is 2.30. The highest BCUT2D eigenvalue weighted by Gasteiger charge is 2.09. The van der Waals surface area contributed by atoms with Crippen LogP contribution in [0.5, 0.6) is 5.75 Å². The highest BCUT2D eigenvalue weighted by atomic mass is 16.5. The number of hydrogen-bond donors (Lipinski definition) is 1. The minimum absolute atomic E-state index is 0.163. The molecule has 8 heteroatoms. The predicted octanol–water partition coefficient (Wildman–Crippen LogP) is 1.18. The normalized spacial score (nSPS) is 10.4. The van der Waals surface area contributed by atoms with Crippen LogP contribution in [0.3, 0.4) is 0 Å². The van der Waals surface area contributed by atoms with Crippen molar-refractivity contribution in [3.05, 3.63) is 70.5 Å². The first-order valence-electron chi connectivity index (χ1n) is 7.85. The van der Waals surface area contributed by atoms with Gasteiger partial charge in [0.15, 0.2) is 0 Å². The Morgan fingerprint density at radius 2 is 1.92 bits per heavy atom. The zero-order chi connectivity index (χ0) is 18.5. The highest BCUT2D eigenvalue weighted by molar-refractivity contribution is 5.91. The van der Waals surface area contributed by atoms with Crippen molar-refractivity contribution < 1.29 is 9.53 Å². The van der Waals surface area contributed by atoms with Crippen molar-refractivity contribution in [1.29, 1.82) is 0 Å². The molecule has 8 nitrogen and oxygen atoms in total. The molecule has 3 rings (SSSR count). The predicted molar refractivity (Wildman–Crippen MR) is 94.7 cm³/mol. The van der Waals surface area contributed by atoms with E-state index in [1.165, 1.54) is 25.5 Å². The Kier molecular flexibility index (Phi) is 5.02. The second kappa shape index (κ2) is 7.56. The van der Waals surface area contributed by atoms with Gasteiger partial charge in [-0.3, -0.25) is 9.59 Å². The monoisotopic (exact) mass is 351 g/mol. The number of amides is 1. The quantitative estimate of drug-likeness (QED) is 0.741. The molecule has 1 N–H and O–H groups in total. The lowest BCUT2D eigenvalue weighted by Gasteiger charge is -2.07. The summed E-state index contributed by atoms with van der Waals surface area (Å²) in [6.45, 7) is 0.217. The fraction of sp³-hybridized carbons (Fsp3) is 0.167. The van der Waals surface area contributed by atoms with Gasteiger partial charge in [-0.1, -0.05) is 0 Å². The largest absolute Gasteiger partial charge is 0.497 e. The maximum atomic E-state index is 12.2. The number of nitrogens with zero attached hydrogens (tertiary/aromatic N) is 4. The van der Waals surface area contributed by atoms with Gasteiger partial charge < -0.3 is 10.1 Å². The summed E-state index contributed by atoms with van der Waals surface area (Å²) in [6.07, 6.45) is 1.45. The number of carbonyl (C=O) groups is 1. The van der Waals surface area contributed by atoms with Crippen LogP contribution < -0.4 is 15.6 Å². The Labute approximate surface area is 149 Å². The van der Waals surface area contributed by atoms with E-state index in [0.29, 0.717) is 5.69 Å². The van der Waals surface area contributed by atoms with Crippen LogP contribution in [0.15, 0.2) is 53.6 Å². The Morgan fingerprint density at radius 1 is 1.15 bits per heavy atom. The summed E-state index contributed by atoms with van der Waals surface area (Å²) in [5.74, 6) is 0.380. The molecule has 2 heterocycles. The van der Waals surface area contributed by atoms with E-state index in [-0.39, 0.29) is 23.7 Å². The van der Waals surface area contributed by atoms with E-state index in [1.54, 1.807) is 13.2 Å². The molecule has 0 bridgehead atoms. The van der Waals surface area contributed by atoms with Crippen molar-refractivity contribution in [3.63, 3.8) is 0 Å². The van der Waals surface area contributed by atoms with Crippen LogP contribution in [0.2, 0.25) is 0 Å². The van der Waals surface area contributed by atoms with E-state index in [0.717, 1.165) is 21.7 Å². The summed E-state index contributed by atoms with van der Waals surface area (Å²) in [4.78, 5) is 31.9. The minimum atomic E-state index is -0.384. The third kappa shape index (κ3) is 3.92. The Morgan fingerprint density at radius 3 is 2.62 bits per heavy atom. The number of methoxy groups -OCH3 is 1. The lowest BCUT2D eigenvalue weighted by Crippen LogP contribution is -2.28. The summed E-state index contributed by atoms with van der Waals surface area (Å²) in [6, 6.07) is 12.0. The van der Waals surface area contributed by atoms with Gasteiger partial charge in [-0.15, -0.1) is 0 Å². The highest BCUT2D eigenvalue weighted by Crippen LogP contribution is 2.20. The third-order valence-corrected chi connectivity index (χ3v) is 3.73. The van der Waals surface area contributed by atoms with E-state index in [9.17, 15) is 9.59 Å². The summed E-state index contributed by atoms with van der Waals surface area (Å²) in [7, 11) is 3.10.